The number of anilines is 1. The number of nitrogens with two attached hydrogens (primary N) is 1. The van der Waals surface area contributed by atoms with Gasteiger partial charge in [0.1, 0.15) is 5.69 Å². The molecule has 3 heterocycles. The van der Waals surface area contributed by atoms with E-state index in [1.807, 2.05) is 47.1 Å². The topological polar surface area (TPSA) is 69.6 Å². The molecular formula is C20H17N5. The van der Waals surface area contributed by atoms with E-state index in [-0.39, 0.29) is 0 Å². The SMILES string of the molecule is Nc1c(-c2ccncc2)nn(Cc2ccccc2)c1-c1ccncc1. The zero-order chi connectivity index (χ0) is 17.1. The normalized spacial score (nSPS) is 10.7. The molecule has 0 bridgehead atoms. The first-order chi connectivity index (χ1) is 12.3. The van der Waals surface area contributed by atoms with Crippen molar-refractivity contribution in [3.63, 3.8) is 0 Å². The Hall–Kier alpha value is -3.47. The van der Waals surface area contributed by atoms with Crippen LogP contribution < -0.4 is 5.73 Å². The molecule has 122 valence electrons. The molecule has 0 atom stereocenters. The molecule has 0 aliphatic rings. The maximum Gasteiger partial charge on any atom is 0.116 e. The molecule has 0 fully saturated rings. The van der Waals surface area contributed by atoms with Crippen molar-refractivity contribution in [3.8, 4) is 22.5 Å². The second kappa shape index (κ2) is 6.57. The number of nitrogen functional groups attached to an aromatic ring is 1. The molecule has 0 spiro atoms. The van der Waals surface area contributed by atoms with Gasteiger partial charge in [-0.3, -0.25) is 14.6 Å². The highest BCUT2D eigenvalue weighted by Gasteiger charge is 2.18. The molecule has 0 unspecified atom stereocenters. The third kappa shape index (κ3) is 2.99. The number of nitrogens with zero attached hydrogens (tertiary/aromatic N) is 4. The van der Waals surface area contributed by atoms with Gasteiger partial charge < -0.3 is 5.73 Å². The summed E-state index contributed by atoms with van der Waals surface area (Å²) in [4.78, 5) is 8.17. The van der Waals surface area contributed by atoms with Crippen LogP contribution in [-0.2, 0) is 6.54 Å². The fraction of sp³-hybridized carbons (Fsp3) is 0.0500. The Morgan fingerprint density at radius 1 is 0.760 bits per heavy atom. The zero-order valence-electron chi connectivity index (χ0n) is 13.6. The van der Waals surface area contributed by atoms with Gasteiger partial charge in [0.05, 0.1) is 17.9 Å². The molecule has 4 rings (SSSR count). The Morgan fingerprint density at radius 3 is 2.00 bits per heavy atom. The van der Waals surface area contributed by atoms with Crippen molar-refractivity contribution < 1.29 is 0 Å². The van der Waals surface area contributed by atoms with Crippen molar-refractivity contribution in [1.29, 1.82) is 0 Å². The van der Waals surface area contributed by atoms with E-state index in [1.54, 1.807) is 24.8 Å². The summed E-state index contributed by atoms with van der Waals surface area (Å²) >= 11 is 0. The highest BCUT2D eigenvalue weighted by molar-refractivity contribution is 5.85. The molecule has 0 aliphatic carbocycles. The number of rotatable bonds is 4. The second-order valence-corrected chi connectivity index (χ2v) is 5.73. The summed E-state index contributed by atoms with van der Waals surface area (Å²) in [6.07, 6.45) is 7.02. The van der Waals surface area contributed by atoms with Crippen LogP contribution in [-0.4, -0.2) is 19.7 Å². The van der Waals surface area contributed by atoms with Crippen LogP contribution in [0.25, 0.3) is 22.5 Å². The third-order valence-corrected chi connectivity index (χ3v) is 4.07. The molecule has 2 N–H and O–H groups in total. The van der Waals surface area contributed by atoms with E-state index in [4.69, 9.17) is 10.8 Å². The lowest BCUT2D eigenvalue weighted by Gasteiger charge is -2.08. The molecule has 0 amide bonds. The molecule has 5 nitrogen and oxygen atoms in total. The average Bonchev–Trinajstić information content (AvgIpc) is 3.00. The first kappa shape index (κ1) is 15.1. The average molecular weight is 327 g/mol. The van der Waals surface area contributed by atoms with Gasteiger partial charge in [0.2, 0.25) is 0 Å². The fourth-order valence-electron chi connectivity index (χ4n) is 2.88. The van der Waals surface area contributed by atoms with Crippen LogP contribution in [0.15, 0.2) is 79.4 Å². The lowest BCUT2D eigenvalue weighted by atomic mass is 10.1. The molecule has 25 heavy (non-hydrogen) atoms. The quantitative estimate of drug-likeness (QED) is 0.621. The number of aromatic nitrogens is 4. The summed E-state index contributed by atoms with van der Waals surface area (Å²) in [5, 5.41) is 4.80. The minimum Gasteiger partial charge on any atom is -0.395 e. The summed E-state index contributed by atoms with van der Waals surface area (Å²) in [5.41, 5.74) is 11.9. The highest BCUT2D eigenvalue weighted by atomic mass is 15.3. The largest absolute Gasteiger partial charge is 0.395 e. The summed E-state index contributed by atoms with van der Waals surface area (Å²) < 4.78 is 1.95. The van der Waals surface area contributed by atoms with Gasteiger partial charge in [0, 0.05) is 35.9 Å². The molecule has 4 aromatic rings. The Morgan fingerprint density at radius 2 is 1.36 bits per heavy atom. The van der Waals surface area contributed by atoms with Crippen molar-refractivity contribution in [1.82, 2.24) is 19.7 Å². The predicted octanol–water partition coefficient (Wildman–Crippen LogP) is 3.64. The van der Waals surface area contributed by atoms with Crippen LogP contribution in [0.3, 0.4) is 0 Å². The smallest absolute Gasteiger partial charge is 0.116 e. The van der Waals surface area contributed by atoms with Gasteiger partial charge in [-0.05, 0) is 29.8 Å². The summed E-state index contributed by atoms with van der Waals surface area (Å²) in [6.45, 7) is 0.647. The Labute approximate surface area is 145 Å². The van der Waals surface area contributed by atoms with E-state index < -0.39 is 0 Å². The van der Waals surface area contributed by atoms with Gasteiger partial charge in [0.15, 0.2) is 0 Å². The van der Waals surface area contributed by atoms with Gasteiger partial charge in [-0.15, -0.1) is 0 Å². The van der Waals surface area contributed by atoms with Crippen molar-refractivity contribution in [2.24, 2.45) is 0 Å². The number of hydrogen-bond acceptors (Lipinski definition) is 4. The van der Waals surface area contributed by atoms with Crippen LogP contribution in [0.2, 0.25) is 0 Å². The Kier molecular flexibility index (Phi) is 3.96. The van der Waals surface area contributed by atoms with Gasteiger partial charge >= 0.3 is 0 Å². The van der Waals surface area contributed by atoms with Gasteiger partial charge in [-0.2, -0.15) is 5.10 Å². The molecule has 3 aromatic heterocycles. The molecule has 0 aliphatic heterocycles. The third-order valence-electron chi connectivity index (χ3n) is 4.07. The van der Waals surface area contributed by atoms with Gasteiger partial charge in [-0.25, -0.2) is 0 Å². The van der Waals surface area contributed by atoms with Crippen LogP contribution in [0.5, 0.6) is 0 Å². The number of pyridine rings is 2. The minimum atomic E-state index is 0.647. The lowest BCUT2D eigenvalue weighted by Crippen LogP contribution is -2.04. The minimum absolute atomic E-state index is 0.647. The van der Waals surface area contributed by atoms with Gasteiger partial charge in [0.25, 0.3) is 0 Å². The van der Waals surface area contributed by atoms with E-state index in [9.17, 15) is 0 Å². The van der Waals surface area contributed by atoms with Crippen LogP contribution in [0.1, 0.15) is 5.56 Å². The number of benzene rings is 1. The second-order valence-electron chi connectivity index (χ2n) is 5.73. The zero-order valence-corrected chi connectivity index (χ0v) is 13.6. The Balaban J connectivity index is 1.87. The lowest BCUT2D eigenvalue weighted by molar-refractivity contribution is 0.697. The standard InChI is InChI=1S/C20H17N5/c21-18-19(16-6-10-22-11-7-16)24-25(14-15-4-2-1-3-5-15)20(18)17-8-12-23-13-9-17/h1-13H,14,21H2. The Bertz CT molecular complexity index is 963. The van der Waals surface area contributed by atoms with E-state index in [2.05, 4.69) is 22.1 Å². The van der Waals surface area contributed by atoms with Crippen molar-refractivity contribution in [2.75, 3.05) is 5.73 Å². The molecular weight excluding hydrogens is 310 g/mol. The first-order valence-corrected chi connectivity index (χ1v) is 8.04. The summed E-state index contributed by atoms with van der Waals surface area (Å²) in [7, 11) is 0. The fourth-order valence-corrected chi connectivity index (χ4v) is 2.88. The molecule has 5 heteroatoms. The molecule has 0 saturated carbocycles. The molecule has 0 saturated heterocycles. The summed E-state index contributed by atoms with van der Waals surface area (Å²) in [6, 6.07) is 18.0. The first-order valence-electron chi connectivity index (χ1n) is 8.04. The molecule has 1 aromatic carbocycles. The monoisotopic (exact) mass is 327 g/mol. The van der Waals surface area contributed by atoms with Gasteiger partial charge in [-0.1, -0.05) is 30.3 Å². The predicted molar refractivity (Wildman–Crippen MR) is 98.6 cm³/mol. The van der Waals surface area contributed by atoms with E-state index in [0.717, 1.165) is 22.5 Å². The molecule has 0 radical (unpaired) electrons. The van der Waals surface area contributed by atoms with E-state index >= 15 is 0 Å². The van der Waals surface area contributed by atoms with Crippen LogP contribution in [0, 0.1) is 0 Å². The van der Waals surface area contributed by atoms with Crippen molar-refractivity contribution in [3.05, 3.63) is 84.9 Å². The van der Waals surface area contributed by atoms with Crippen molar-refractivity contribution >= 4 is 5.69 Å². The van der Waals surface area contributed by atoms with Crippen LogP contribution in [0.4, 0.5) is 5.69 Å². The maximum atomic E-state index is 6.50. The van der Waals surface area contributed by atoms with Crippen molar-refractivity contribution in [2.45, 2.75) is 6.54 Å². The van der Waals surface area contributed by atoms with E-state index in [0.29, 0.717) is 12.2 Å². The highest BCUT2D eigenvalue weighted by Crippen LogP contribution is 2.34. The van der Waals surface area contributed by atoms with Crippen LogP contribution >= 0.6 is 0 Å². The van der Waals surface area contributed by atoms with E-state index in [1.165, 1.54) is 5.56 Å². The summed E-state index contributed by atoms with van der Waals surface area (Å²) in [5.74, 6) is 0. The maximum absolute atomic E-state index is 6.50. The number of hydrogen-bond donors (Lipinski definition) is 1.